The van der Waals surface area contributed by atoms with Gasteiger partial charge in [-0.05, 0) is 160 Å². The first-order chi connectivity index (χ1) is 57.6. The van der Waals surface area contributed by atoms with Crippen LogP contribution in [-0.4, -0.2) is 19.9 Å². The van der Waals surface area contributed by atoms with Gasteiger partial charge in [-0.3, -0.25) is 4.98 Å². The van der Waals surface area contributed by atoms with Crippen LogP contribution < -0.4 is 0 Å². The molecule has 0 unspecified atom stereocenters. The van der Waals surface area contributed by atoms with Crippen molar-refractivity contribution in [1.82, 2.24) is 19.9 Å². The summed E-state index contributed by atoms with van der Waals surface area (Å²) in [4.78, 5) is 23.5. The normalized spacial score (nSPS) is 11.6. The summed E-state index contributed by atoms with van der Waals surface area (Å²) in [7, 11) is 0. The summed E-state index contributed by atoms with van der Waals surface area (Å²) < 4.78 is 0. The molecule has 0 radical (unpaired) electrons. The van der Waals surface area contributed by atoms with E-state index in [1.807, 2.05) is 42.6 Å². The largest absolute Gasteiger partial charge is 0.264 e. The van der Waals surface area contributed by atoms with Gasteiger partial charge in [0.1, 0.15) is 0 Å². The number of pyridine rings is 4. The highest BCUT2D eigenvalue weighted by Crippen LogP contribution is 2.50. The lowest BCUT2D eigenvalue weighted by atomic mass is 9.84. The number of hydrogen-bond acceptors (Lipinski definition) is 4. The summed E-state index contributed by atoms with van der Waals surface area (Å²) in [5.74, 6) is 0. The smallest absolute Gasteiger partial charge is 0.187 e. The molecular weight excluding hydrogens is 1400 g/mol. The van der Waals surface area contributed by atoms with Crippen LogP contribution in [0.25, 0.3) is 234 Å². The minimum absolute atomic E-state index is 0.638. The molecule has 0 fully saturated rings. The standard InChI is InChI=1S/C51H31N.C32H20N2.C28H16N2/c1-2-16-35-32(14-1)15-13-26-38(35)48-43-23-9-7-21-41(43)47(42-22-8-10-24-44(42)48)33-28-30-34(31-29-33)51-50-40-20-6-4-18-37(40)36-17-3-5-19-39(36)49(50)45-25-11-12-27-46(45)52-51;1-3-11-26-24(9-1)25-10-2-4-12-27(25)31-30(26)28-13-5-6-14-29(28)34-32(31)22-17-15-21(16-18-22)23-8-7-19-33-20-23;1-29-19-16-14-18(15-17-19)28-27-23-11-5-3-9-21(23)20-8-2-4-10-22(20)26(27)24-12-6-7-13-25(24)30-28/h1-31H;1-20H;2-17H. The molecule has 0 bridgehead atoms. The van der Waals surface area contributed by atoms with Gasteiger partial charge < -0.3 is 0 Å². The van der Waals surface area contributed by atoms with E-state index in [1.165, 1.54) is 162 Å². The van der Waals surface area contributed by atoms with Gasteiger partial charge in [-0.25, -0.2) is 19.8 Å². The average molecular weight is 1470 g/mol. The maximum atomic E-state index is 7.27. The van der Waals surface area contributed by atoms with Crippen molar-refractivity contribution in [3.05, 3.63) is 418 Å². The third kappa shape index (κ3) is 11.1. The highest BCUT2D eigenvalue weighted by atomic mass is 14.7. The zero-order valence-corrected chi connectivity index (χ0v) is 62.9. The van der Waals surface area contributed by atoms with Gasteiger partial charge in [0.25, 0.3) is 0 Å². The summed E-state index contributed by atoms with van der Waals surface area (Å²) in [6.45, 7) is 7.27. The summed E-state index contributed by atoms with van der Waals surface area (Å²) in [6.07, 6.45) is 3.71. The van der Waals surface area contributed by atoms with Gasteiger partial charge in [0.2, 0.25) is 0 Å². The molecule has 0 atom stereocenters. The average Bonchev–Trinajstić information content (AvgIpc) is 0.733. The minimum atomic E-state index is 0.638. The first-order valence-corrected chi connectivity index (χ1v) is 39.4. The van der Waals surface area contributed by atoms with Gasteiger partial charge in [0.15, 0.2) is 5.69 Å². The molecule has 116 heavy (non-hydrogen) atoms. The summed E-state index contributed by atoms with van der Waals surface area (Å²) in [5.41, 5.74) is 17.2. The van der Waals surface area contributed by atoms with Crippen LogP contribution >= 0.6 is 0 Å². The van der Waals surface area contributed by atoms with Crippen molar-refractivity contribution in [1.29, 1.82) is 0 Å². The lowest BCUT2D eigenvalue weighted by Gasteiger charge is -2.19. The number of nitrogens with zero attached hydrogens (tertiary/aromatic N) is 5. The van der Waals surface area contributed by atoms with Crippen molar-refractivity contribution in [2.75, 3.05) is 0 Å². The summed E-state index contributed by atoms with van der Waals surface area (Å²) in [5, 5.41) is 33.4. The molecule has 24 aromatic rings. The topological polar surface area (TPSA) is 55.9 Å². The number of hydrogen-bond donors (Lipinski definition) is 0. The Morgan fingerprint density at radius 1 is 0.190 bits per heavy atom. The second kappa shape index (κ2) is 28.0. The van der Waals surface area contributed by atoms with E-state index >= 15 is 0 Å². The van der Waals surface area contributed by atoms with Gasteiger partial charge in [-0.15, -0.1) is 0 Å². The molecule has 0 saturated heterocycles. The van der Waals surface area contributed by atoms with Gasteiger partial charge in [-0.1, -0.05) is 370 Å². The van der Waals surface area contributed by atoms with Crippen LogP contribution in [0.4, 0.5) is 5.69 Å². The Kier molecular flexibility index (Phi) is 16.2. The Bertz CT molecular complexity index is 8130. The predicted octanol–water partition coefficient (Wildman–Crippen LogP) is 30.5. The minimum Gasteiger partial charge on any atom is -0.264 e. The van der Waals surface area contributed by atoms with Crippen LogP contribution in [0.2, 0.25) is 0 Å². The number of aromatic nitrogens is 4. The quantitative estimate of drug-likeness (QED) is 0.0946. The van der Waals surface area contributed by atoms with E-state index < -0.39 is 0 Å². The molecule has 4 heterocycles. The van der Waals surface area contributed by atoms with E-state index in [0.29, 0.717) is 5.69 Å². The molecule has 0 aliphatic rings. The Morgan fingerprint density at radius 3 is 0.836 bits per heavy atom. The Morgan fingerprint density at radius 2 is 0.474 bits per heavy atom. The lowest BCUT2D eigenvalue weighted by Crippen LogP contribution is -1.94. The molecule has 0 spiro atoms. The van der Waals surface area contributed by atoms with Crippen molar-refractivity contribution in [3.63, 3.8) is 0 Å². The number of para-hydroxylation sites is 3. The van der Waals surface area contributed by atoms with Crippen LogP contribution in [0.1, 0.15) is 0 Å². The molecule has 24 rings (SSSR count). The SMILES string of the molecule is [C-]#[N+]c1ccc(-c2nc3ccccc3c3c4ccccc4c4ccccc4c23)cc1.c1ccc2c(-c3c4ccccc4c(-c4ccc(-c5nc6ccccc6c6c7ccccc7c7ccccc7c56)cc4)c4ccccc34)cccc2c1.c1cncc(-c2ccc(-c3nc4ccccc4c4c5ccccc5c5ccccc5c34)cc2)c1. The third-order valence-electron chi connectivity index (χ3n) is 23.6. The third-order valence-corrected chi connectivity index (χ3v) is 23.6. The molecule has 4 aromatic heterocycles. The zero-order chi connectivity index (χ0) is 76.7. The fraction of sp³-hybridized carbons (Fsp3) is 0. The lowest BCUT2D eigenvalue weighted by molar-refractivity contribution is 1.33. The predicted molar refractivity (Wildman–Crippen MR) is 492 cm³/mol. The summed E-state index contributed by atoms with van der Waals surface area (Å²) >= 11 is 0. The van der Waals surface area contributed by atoms with Gasteiger partial charge >= 0.3 is 0 Å². The molecule has 0 saturated carbocycles. The van der Waals surface area contributed by atoms with E-state index in [0.717, 1.165) is 66.8 Å². The van der Waals surface area contributed by atoms with Gasteiger partial charge in [-0.2, -0.15) is 0 Å². The maximum Gasteiger partial charge on any atom is 0.187 e. The first kappa shape index (κ1) is 67.3. The Hall–Kier alpha value is -15.6. The molecule has 0 amide bonds. The number of rotatable bonds is 6. The van der Waals surface area contributed by atoms with E-state index in [1.54, 1.807) is 6.20 Å². The second-order valence-corrected chi connectivity index (χ2v) is 29.9. The van der Waals surface area contributed by atoms with Gasteiger partial charge in [0, 0.05) is 72.0 Å². The zero-order valence-electron chi connectivity index (χ0n) is 62.9. The Labute approximate surface area is 668 Å². The van der Waals surface area contributed by atoms with Gasteiger partial charge in [0.05, 0.1) is 40.2 Å². The van der Waals surface area contributed by atoms with E-state index in [-0.39, 0.29) is 0 Å². The van der Waals surface area contributed by atoms with Crippen LogP contribution in [-0.2, 0) is 0 Å². The van der Waals surface area contributed by atoms with Crippen molar-refractivity contribution in [2.45, 2.75) is 0 Å². The van der Waals surface area contributed by atoms with Crippen LogP contribution in [0.3, 0.4) is 0 Å². The molecule has 0 aliphatic heterocycles. The van der Waals surface area contributed by atoms with Crippen molar-refractivity contribution in [3.8, 4) is 67.2 Å². The van der Waals surface area contributed by atoms with E-state index in [4.69, 9.17) is 21.5 Å². The summed E-state index contributed by atoms with van der Waals surface area (Å²) in [6, 6.07) is 141. The van der Waals surface area contributed by atoms with Crippen LogP contribution in [0.15, 0.2) is 407 Å². The molecule has 0 aliphatic carbocycles. The molecule has 20 aromatic carbocycles. The van der Waals surface area contributed by atoms with Crippen LogP contribution in [0.5, 0.6) is 0 Å². The molecule has 0 N–H and O–H groups in total. The fourth-order valence-electron chi connectivity index (χ4n) is 18.5. The van der Waals surface area contributed by atoms with E-state index in [2.05, 4.69) is 368 Å². The second-order valence-electron chi connectivity index (χ2n) is 29.9. The van der Waals surface area contributed by atoms with Crippen molar-refractivity contribution < 1.29 is 0 Å². The van der Waals surface area contributed by atoms with Crippen molar-refractivity contribution in [2.24, 2.45) is 0 Å². The number of fused-ring (bicyclic) bond motifs is 27. The molecular formula is C111H67N5. The molecule has 5 heteroatoms. The first-order valence-electron chi connectivity index (χ1n) is 39.4. The number of benzene rings is 20. The molecule has 5 nitrogen and oxygen atoms in total. The maximum absolute atomic E-state index is 7.27. The highest BCUT2D eigenvalue weighted by Gasteiger charge is 2.24. The van der Waals surface area contributed by atoms with Crippen LogP contribution in [0, 0.1) is 6.57 Å². The van der Waals surface area contributed by atoms with Crippen molar-refractivity contribution >= 4 is 168 Å². The Balaban J connectivity index is 0.000000111. The monoisotopic (exact) mass is 1470 g/mol. The highest BCUT2D eigenvalue weighted by molar-refractivity contribution is 6.37. The fourth-order valence-corrected chi connectivity index (χ4v) is 18.5. The molecule has 536 valence electrons. The van der Waals surface area contributed by atoms with E-state index in [9.17, 15) is 0 Å².